The molecule has 0 amide bonds. The van der Waals surface area contributed by atoms with Gasteiger partial charge in [0.1, 0.15) is 6.54 Å². The topological polar surface area (TPSA) is 74.7 Å². The van der Waals surface area contributed by atoms with Gasteiger partial charge in [-0.15, -0.1) is 0 Å². The summed E-state index contributed by atoms with van der Waals surface area (Å²) in [6.45, 7) is 1.13. The highest BCUT2D eigenvalue weighted by Gasteiger charge is 2.27. The number of nitrogens with zero attached hydrogens (tertiary/aromatic N) is 1. The molecule has 0 fully saturated rings. The molecule has 0 aliphatic rings. The first-order valence-electron chi connectivity index (χ1n) is 4.96. The molecule has 0 unspecified atom stereocenters. The first kappa shape index (κ1) is 15.6. The fourth-order valence-electron chi connectivity index (χ4n) is 1.34. The molecule has 0 aromatic heterocycles. The molecule has 0 aliphatic carbocycles. The Morgan fingerprint density at radius 1 is 1.39 bits per heavy atom. The largest absolute Gasteiger partial charge is 0.480 e. The average molecular weight is 401 g/mol. The van der Waals surface area contributed by atoms with Crippen molar-refractivity contribution in [3.63, 3.8) is 0 Å². The molecule has 0 radical (unpaired) electrons. The lowest BCUT2D eigenvalue weighted by atomic mass is 10.4. The molecule has 100 valence electrons. The number of carbonyl (C=O) groups is 1. The van der Waals surface area contributed by atoms with Crippen LogP contribution < -0.4 is 0 Å². The summed E-state index contributed by atoms with van der Waals surface area (Å²) in [5.41, 5.74) is 0. The minimum atomic E-state index is -3.81. The van der Waals surface area contributed by atoms with Gasteiger partial charge in [0.15, 0.2) is 0 Å². The van der Waals surface area contributed by atoms with Crippen molar-refractivity contribution in [3.8, 4) is 0 Å². The van der Waals surface area contributed by atoms with Gasteiger partial charge in [0.25, 0.3) is 0 Å². The Morgan fingerprint density at radius 2 is 2.00 bits per heavy atom. The van der Waals surface area contributed by atoms with E-state index in [9.17, 15) is 13.2 Å². The summed E-state index contributed by atoms with van der Waals surface area (Å²) in [5, 5.41) is 8.71. The molecule has 0 saturated carbocycles. The lowest BCUT2D eigenvalue weighted by molar-refractivity contribution is -0.137. The number of benzene rings is 1. The number of aliphatic carboxylic acids is 1. The van der Waals surface area contributed by atoms with E-state index in [1.807, 2.05) is 0 Å². The van der Waals surface area contributed by atoms with Crippen LogP contribution in [0, 0.1) is 0 Å². The van der Waals surface area contributed by atoms with Crippen molar-refractivity contribution < 1.29 is 18.3 Å². The van der Waals surface area contributed by atoms with Gasteiger partial charge in [0.2, 0.25) is 10.0 Å². The molecule has 8 heteroatoms. The molecule has 0 saturated heterocycles. The van der Waals surface area contributed by atoms with Gasteiger partial charge in [-0.05, 0) is 34.1 Å². The zero-order valence-corrected chi connectivity index (χ0v) is 13.4. The highest BCUT2D eigenvalue weighted by atomic mass is 79.9. The van der Waals surface area contributed by atoms with Crippen molar-refractivity contribution in [2.75, 3.05) is 13.1 Å². The fourth-order valence-corrected chi connectivity index (χ4v) is 4.45. The van der Waals surface area contributed by atoms with E-state index >= 15 is 0 Å². The Bertz CT molecular complexity index is 559. The highest BCUT2D eigenvalue weighted by molar-refractivity contribution is 9.11. The van der Waals surface area contributed by atoms with Crippen molar-refractivity contribution in [1.29, 1.82) is 0 Å². The molecule has 0 atom stereocenters. The summed E-state index contributed by atoms with van der Waals surface area (Å²) in [4.78, 5) is 10.7. The molecule has 0 bridgehead atoms. The van der Waals surface area contributed by atoms with E-state index in [0.717, 1.165) is 8.78 Å². The molecule has 18 heavy (non-hydrogen) atoms. The van der Waals surface area contributed by atoms with Crippen LogP contribution in [0.15, 0.2) is 32.0 Å². The maximum Gasteiger partial charge on any atom is 0.318 e. The molecular formula is C10H11Br2NO4S. The van der Waals surface area contributed by atoms with Crippen molar-refractivity contribution in [3.05, 3.63) is 27.1 Å². The van der Waals surface area contributed by atoms with E-state index in [2.05, 4.69) is 31.9 Å². The van der Waals surface area contributed by atoms with Crippen LogP contribution in [0.1, 0.15) is 6.92 Å². The second-order valence-electron chi connectivity index (χ2n) is 3.40. The summed E-state index contributed by atoms with van der Waals surface area (Å²) < 4.78 is 26.5. The first-order valence-corrected chi connectivity index (χ1v) is 7.98. The fraction of sp³-hybridized carbons (Fsp3) is 0.300. The highest BCUT2D eigenvalue weighted by Crippen LogP contribution is 2.27. The molecule has 1 aromatic rings. The number of sulfonamides is 1. The predicted molar refractivity (Wildman–Crippen MR) is 73.9 cm³/mol. The van der Waals surface area contributed by atoms with Crippen LogP contribution in [0.25, 0.3) is 0 Å². The zero-order valence-electron chi connectivity index (χ0n) is 9.43. The van der Waals surface area contributed by atoms with E-state index in [1.165, 1.54) is 6.07 Å². The Balaban J connectivity index is 3.23. The SMILES string of the molecule is CCN(CC(=O)O)S(=O)(=O)c1ccc(Br)cc1Br. The van der Waals surface area contributed by atoms with Gasteiger partial charge in [-0.1, -0.05) is 22.9 Å². The number of hydrogen-bond acceptors (Lipinski definition) is 3. The number of carboxylic acid groups (broad SMARTS) is 1. The van der Waals surface area contributed by atoms with Crippen LogP contribution in [-0.4, -0.2) is 36.9 Å². The maximum absolute atomic E-state index is 12.2. The predicted octanol–water partition coefficient (Wildman–Crippen LogP) is 2.31. The van der Waals surface area contributed by atoms with Crippen molar-refractivity contribution >= 4 is 47.9 Å². The normalized spacial score (nSPS) is 11.8. The number of rotatable bonds is 5. The Morgan fingerprint density at radius 3 is 2.44 bits per heavy atom. The molecule has 5 nitrogen and oxygen atoms in total. The lowest BCUT2D eigenvalue weighted by Crippen LogP contribution is -2.35. The van der Waals surface area contributed by atoms with Gasteiger partial charge < -0.3 is 5.11 Å². The maximum atomic E-state index is 12.2. The van der Waals surface area contributed by atoms with Gasteiger partial charge in [0.05, 0.1) is 4.90 Å². The number of hydrogen-bond donors (Lipinski definition) is 1. The molecule has 0 spiro atoms. The third-order valence-electron chi connectivity index (χ3n) is 2.18. The standard InChI is InChI=1S/C10H11Br2NO4S/c1-2-13(6-10(14)15)18(16,17)9-4-3-7(11)5-8(9)12/h3-5H,2,6H2,1H3,(H,14,15). The monoisotopic (exact) mass is 399 g/mol. The molecule has 1 rings (SSSR count). The number of likely N-dealkylation sites (N-methyl/N-ethyl adjacent to an activating group) is 1. The molecule has 1 aromatic carbocycles. The van der Waals surface area contributed by atoms with Crippen LogP contribution in [0.4, 0.5) is 0 Å². The lowest BCUT2D eigenvalue weighted by Gasteiger charge is -2.19. The Labute approximate surface area is 122 Å². The minimum Gasteiger partial charge on any atom is -0.480 e. The summed E-state index contributed by atoms with van der Waals surface area (Å²) in [7, 11) is -3.81. The van der Waals surface area contributed by atoms with Crippen LogP contribution in [0.2, 0.25) is 0 Å². The smallest absolute Gasteiger partial charge is 0.318 e. The Kier molecular flexibility index (Phi) is 5.32. The van der Waals surface area contributed by atoms with E-state index < -0.39 is 22.5 Å². The second-order valence-corrected chi connectivity index (χ2v) is 7.08. The Hall–Kier alpha value is -0.440. The van der Waals surface area contributed by atoms with Crippen molar-refractivity contribution in [2.24, 2.45) is 0 Å². The van der Waals surface area contributed by atoms with Gasteiger partial charge >= 0.3 is 5.97 Å². The van der Waals surface area contributed by atoms with Gasteiger partial charge in [-0.2, -0.15) is 4.31 Å². The van der Waals surface area contributed by atoms with Crippen LogP contribution in [0.5, 0.6) is 0 Å². The summed E-state index contributed by atoms with van der Waals surface area (Å²) in [5.74, 6) is -1.19. The minimum absolute atomic E-state index is 0.0498. The van der Waals surface area contributed by atoms with E-state index in [4.69, 9.17) is 5.11 Å². The zero-order chi connectivity index (χ0) is 13.9. The quantitative estimate of drug-likeness (QED) is 0.822. The molecule has 0 aliphatic heterocycles. The van der Waals surface area contributed by atoms with E-state index in [0.29, 0.717) is 4.47 Å². The van der Waals surface area contributed by atoms with Gasteiger partial charge in [-0.3, -0.25) is 4.79 Å². The van der Waals surface area contributed by atoms with Crippen molar-refractivity contribution in [2.45, 2.75) is 11.8 Å². The third-order valence-corrected chi connectivity index (χ3v) is 5.57. The molecule has 1 N–H and O–H groups in total. The molecule has 0 heterocycles. The van der Waals surface area contributed by atoms with E-state index in [-0.39, 0.29) is 11.4 Å². The average Bonchev–Trinajstić information content (AvgIpc) is 2.24. The van der Waals surface area contributed by atoms with Gasteiger partial charge in [0, 0.05) is 15.5 Å². The molecular weight excluding hydrogens is 390 g/mol. The third kappa shape index (κ3) is 3.53. The number of halogens is 2. The summed E-state index contributed by atoms with van der Waals surface area (Å²) in [6, 6.07) is 4.61. The van der Waals surface area contributed by atoms with Crippen LogP contribution in [-0.2, 0) is 14.8 Å². The first-order chi connectivity index (χ1) is 8.28. The summed E-state index contributed by atoms with van der Waals surface area (Å²) >= 11 is 6.39. The summed E-state index contributed by atoms with van der Waals surface area (Å²) in [6.07, 6.45) is 0. The second kappa shape index (κ2) is 6.14. The number of carboxylic acids is 1. The van der Waals surface area contributed by atoms with E-state index in [1.54, 1.807) is 19.1 Å². The van der Waals surface area contributed by atoms with Crippen LogP contribution in [0.3, 0.4) is 0 Å². The van der Waals surface area contributed by atoms with Crippen LogP contribution >= 0.6 is 31.9 Å². The van der Waals surface area contributed by atoms with Crippen molar-refractivity contribution in [1.82, 2.24) is 4.31 Å². The van der Waals surface area contributed by atoms with Gasteiger partial charge in [-0.25, -0.2) is 8.42 Å².